The van der Waals surface area contributed by atoms with Crippen LogP contribution in [0.4, 0.5) is 0 Å². The minimum atomic E-state index is -0.135. The van der Waals surface area contributed by atoms with Crippen molar-refractivity contribution in [2.24, 2.45) is 0 Å². The predicted octanol–water partition coefficient (Wildman–Crippen LogP) is 2.72. The number of halogens is 1. The number of H-pyrrole nitrogens is 1. The van der Waals surface area contributed by atoms with Gasteiger partial charge in [0.15, 0.2) is 0 Å². The van der Waals surface area contributed by atoms with Crippen molar-refractivity contribution in [3.05, 3.63) is 44.8 Å². The van der Waals surface area contributed by atoms with Crippen LogP contribution in [0.3, 0.4) is 0 Å². The van der Waals surface area contributed by atoms with Crippen molar-refractivity contribution in [2.45, 2.75) is 13.8 Å². The maximum Gasteiger partial charge on any atom is 0.254 e. The highest BCUT2D eigenvalue weighted by Gasteiger charge is 2.08. The number of aryl methyl sites for hydroxylation is 1. The highest BCUT2D eigenvalue weighted by molar-refractivity contribution is 6.32. The van der Waals surface area contributed by atoms with Crippen molar-refractivity contribution in [3.8, 4) is 17.1 Å². The van der Waals surface area contributed by atoms with E-state index in [1.807, 2.05) is 0 Å². The molecule has 1 aromatic heterocycles. The van der Waals surface area contributed by atoms with E-state index in [2.05, 4.69) is 9.97 Å². The Morgan fingerprint density at radius 2 is 2.06 bits per heavy atom. The fraction of sp³-hybridized carbons (Fsp3) is 0.231. The molecule has 0 aliphatic carbocycles. The molecule has 18 heavy (non-hydrogen) atoms. The van der Waals surface area contributed by atoms with E-state index < -0.39 is 0 Å². The summed E-state index contributed by atoms with van der Waals surface area (Å²) in [5.74, 6) is 1.10. The zero-order chi connectivity index (χ0) is 13.3. The lowest BCUT2D eigenvalue weighted by molar-refractivity contribution is 0.415. The van der Waals surface area contributed by atoms with E-state index in [-0.39, 0.29) is 5.56 Å². The Bertz CT molecular complexity index is 650. The molecule has 2 aromatic rings. The fourth-order valence-corrected chi connectivity index (χ4v) is 1.85. The van der Waals surface area contributed by atoms with Crippen LogP contribution in [0.25, 0.3) is 11.4 Å². The molecule has 0 atom stereocenters. The SMILES string of the molecule is COc1ccc(-c2nc(C)c(C)c(=O)[nH]2)cc1Cl. The van der Waals surface area contributed by atoms with Gasteiger partial charge in [0, 0.05) is 16.8 Å². The molecule has 1 aromatic carbocycles. The van der Waals surface area contributed by atoms with E-state index in [1.54, 1.807) is 39.2 Å². The van der Waals surface area contributed by atoms with Gasteiger partial charge in [-0.05, 0) is 32.0 Å². The highest BCUT2D eigenvalue weighted by atomic mass is 35.5. The Hall–Kier alpha value is -1.81. The summed E-state index contributed by atoms with van der Waals surface area (Å²) in [6.07, 6.45) is 0. The molecule has 0 spiro atoms. The molecule has 0 radical (unpaired) electrons. The van der Waals surface area contributed by atoms with Gasteiger partial charge >= 0.3 is 0 Å². The maximum absolute atomic E-state index is 11.7. The van der Waals surface area contributed by atoms with E-state index >= 15 is 0 Å². The lowest BCUT2D eigenvalue weighted by Gasteiger charge is -2.07. The maximum atomic E-state index is 11.7. The quantitative estimate of drug-likeness (QED) is 0.907. The molecule has 5 heteroatoms. The molecule has 0 aliphatic heterocycles. The van der Waals surface area contributed by atoms with Crippen molar-refractivity contribution in [1.29, 1.82) is 0 Å². The largest absolute Gasteiger partial charge is 0.495 e. The second kappa shape index (κ2) is 4.82. The number of methoxy groups -OCH3 is 1. The first-order valence-electron chi connectivity index (χ1n) is 5.44. The number of aromatic amines is 1. The monoisotopic (exact) mass is 264 g/mol. The van der Waals surface area contributed by atoms with Crippen LogP contribution >= 0.6 is 11.6 Å². The molecule has 4 nitrogen and oxygen atoms in total. The zero-order valence-electron chi connectivity index (χ0n) is 10.4. The fourth-order valence-electron chi connectivity index (χ4n) is 1.60. The zero-order valence-corrected chi connectivity index (χ0v) is 11.1. The minimum Gasteiger partial charge on any atom is -0.495 e. The molecule has 0 unspecified atom stereocenters. The van der Waals surface area contributed by atoms with Crippen LogP contribution in [-0.2, 0) is 0 Å². The van der Waals surface area contributed by atoms with Gasteiger partial charge < -0.3 is 9.72 Å². The van der Waals surface area contributed by atoms with E-state index in [1.165, 1.54) is 0 Å². The van der Waals surface area contributed by atoms with Gasteiger partial charge in [0.2, 0.25) is 0 Å². The summed E-state index contributed by atoms with van der Waals surface area (Å²) in [7, 11) is 1.55. The number of nitrogens with zero attached hydrogens (tertiary/aromatic N) is 1. The first-order valence-corrected chi connectivity index (χ1v) is 5.82. The topological polar surface area (TPSA) is 55.0 Å². The molecular weight excluding hydrogens is 252 g/mol. The second-order valence-electron chi connectivity index (χ2n) is 3.97. The van der Waals surface area contributed by atoms with Gasteiger partial charge in [0.05, 0.1) is 12.1 Å². The van der Waals surface area contributed by atoms with Crippen molar-refractivity contribution < 1.29 is 4.74 Å². The molecule has 0 amide bonds. The van der Waals surface area contributed by atoms with Gasteiger partial charge in [-0.2, -0.15) is 0 Å². The third-order valence-electron chi connectivity index (χ3n) is 2.82. The standard InChI is InChI=1S/C13H13ClN2O2/c1-7-8(2)15-12(16-13(7)17)9-4-5-11(18-3)10(14)6-9/h4-6H,1-3H3,(H,15,16,17). The molecule has 2 rings (SSSR count). The van der Waals surface area contributed by atoms with Crippen LogP contribution in [0.15, 0.2) is 23.0 Å². The molecule has 1 N–H and O–H groups in total. The summed E-state index contributed by atoms with van der Waals surface area (Å²) in [6, 6.07) is 5.26. The Kier molecular flexibility index (Phi) is 3.39. The average Bonchev–Trinajstić information content (AvgIpc) is 2.35. The predicted molar refractivity (Wildman–Crippen MR) is 71.3 cm³/mol. The Morgan fingerprint density at radius 1 is 1.33 bits per heavy atom. The van der Waals surface area contributed by atoms with Gasteiger partial charge in [-0.3, -0.25) is 4.79 Å². The molecule has 1 heterocycles. The van der Waals surface area contributed by atoms with E-state index in [0.29, 0.717) is 27.9 Å². The normalized spacial score (nSPS) is 10.4. The summed E-state index contributed by atoms with van der Waals surface area (Å²) in [5, 5.41) is 0.482. The van der Waals surface area contributed by atoms with Crippen LogP contribution in [-0.4, -0.2) is 17.1 Å². The van der Waals surface area contributed by atoms with Crippen LogP contribution in [0.1, 0.15) is 11.3 Å². The number of aromatic nitrogens is 2. The Balaban J connectivity index is 2.56. The highest BCUT2D eigenvalue weighted by Crippen LogP contribution is 2.28. The van der Waals surface area contributed by atoms with Crippen molar-refractivity contribution in [1.82, 2.24) is 9.97 Å². The molecule has 94 valence electrons. The number of ether oxygens (including phenoxy) is 1. The minimum absolute atomic E-state index is 0.135. The van der Waals surface area contributed by atoms with Gasteiger partial charge in [-0.1, -0.05) is 11.6 Å². The lowest BCUT2D eigenvalue weighted by Crippen LogP contribution is -2.14. The van der Waals surface area contributed by atoms with Gasteiger partial charge in [0.25, 0.3) is 5.56 Å². The summed E-state index contributed by atoms with van der Waals surface area (Å²) in [5.41, 5.74) is 1.95. The number of benzene rings is 1. The van der Waals surface area contributed by atoms with Crippen LogP contribution in [0.5, 0.6) is 5.75 Å². The first-order chi connectivity index (χ1) is 8.52. The average molecular weight is 265 g/mol. The molecule has 0 fully saturated rings. The van der Waals surface area contributed by atoms with E-state index in [9.17, 15) is 4.79 Å². The Morgan fingerprint density at radius 3 is 2.61 bits per heavy atom. The van der Waals surface area contributed by atoms with E-state index in [4.69, 9.17) is 16.3 Å². The summed E-state index contributed by atoms with van der Waals surface area (Å²) >= 11 is 6.05. The summed E-state index contributed by atoms with van der Waals surface area (Å²) < 4.78 is 5.08. The van der Waals surface area contributed by atoms with Gasteiger partial charge in [0.1, 0.15) is 11.6 Å². The number of nitrogens with one attached hydrogen (secondary N) is 1. The molecule has 0 saturated carbocycles. The van der Waals surface area contributed by atoms with E-state index in [0.717, 1.165) is 5.56 Å². The third-order valence-corrected chi connectivity index (χ3v) is 3.12. The number of rotatable bonds is 2. The molecule has 0 aliphatic rings. The van der Waals surface area contributed by atoms with Crippen molar-refractivity contribution >= 4 is 11.6 Å². The number of hydrogen-bond donors (Lipinski definition) is 1. The lowest BCUT2D eigenvalue weighted by atomic mass is 10.2. The number of hydrogen-bond acceptors (Lipinski definition) is 3. The summed E-state index contributed by atoms with van der Waals surface area (Å²) in [6.45, 7) is 3.55. The molecule has 0 bridgehead atoms. The molecular formula is C13H13ClN2O2. The Labute approximate surface area is 110 Å². The van der Waals surface area contributed by atoms with Crippen LogP contribution < -0.4 is 10.3 Å². The summed E-state index contributed by atoms with van der Waals surface area (Å²) in [4.78, 5) is 18.8. The van der Waals surface area contributed by atoms with Crippen LogP contribution in [0.2, 0.25) is 5.02 Å². The second-order valence-corrected chi connectivity index (χ2v) is 4.38. The van der Waals surface area contributed by atoms with Gasteiger partial charge in [-0.25, -0.2) is 4.98 Å². The third kappa shape index (κ3) is 2.24. The van der Waals surface area contributed by atoms with Gasteiger partial charge in [-0.15, -0.1) is 0 Å². The first kappa shape index (κ1) is 12.6. The van der Waals surface area contributed by atoms with Crippen molar-refractivity contribution in [3.63, 3.8) is 0 Å². The molecule has 0 saturated heterocycles. The van der Waals surface area contributed by atoms with Crippen LogP contribution in [0, 0.1) is 13.8 Å². The van der Waals surface area contributed by atoms with Crippen molar-refractivity contribution in [2.75, 3.05) is 7.11 Å². The smallest absolute Gasteiger partial charge is 0.254 e.